The molecule has 0 saturated carbocycles. The third kappa shape index (κ3) is 3.56. The second-order valence-electron chi connectivity index (χ2n) is 4.14. The molecule has 1 aliphatic heterocycles. The van der Waals surface area contributed by atoms with Crippen LogP contribution in [0.4, 0.5) is 4.79 Å². The fraction of sp³-hybridized carbons (Fsp3) is 0.125. The van der Waals surface area contributed by atoms with Gasteiger partial charge in [-0.3, -0.25) is 14.5 Å². The highest BCUT2D eigenvalue weighted by Gasteiger charge is 2.33. The quantitative estimate of drug-likeness (QED) is 0.476. The second kappa shape index (κ2) is 6.82. The van der Waals surface area contributed by atoms with Crippen LogP contribution in [0.1, 0.15) is 5.56 Å². The molecular weight excluding hydrogens is 286 g/mol. The number of terminal acetylenes is 1. The maximum absolute atomic E-state index is 12.0. The lowest BCUT2D eigenvalue weighted by molar-refractivity contribution is -0.122. The van der Waals surface area contributed by atoms with Gasteiger partial charge < -0.3 is 4.74 Å². The number of hydrogen-bond acceptors (Lipinski definition) is 4. The number of hydrogen-bond donors (Lipinski definition) is 0. The lowest BCUT2D eigenvalue weighted by Crippen LogP contribution is -2.27. The van der Waals surface area contributed by atoms with Crippen LogP contribution in [0, 0.1) is 12.3 Å². The highest BCUT2D eigenvalue weighted by molar-refractivity contribution is 8.18. The number of nitrogens with zero attached hydrogens (tertiary/aromatic N) is 1. The summed E-state index contributed by atoms with van der Waals surface area (Å²) in [6.07, 6.45) is 8.32. The summed E-state index contributed by atoms with van der Waals surface area (Å²) in [4.78, 5) is 25.3. The molecule has 106 valence electrons. The molecule has 2 rings (SSSR count). The molecule has 0 unspecified atom stereocenters. The van der Waals surface area contributed by atoms with E-state index in [0.717, 1.165) is 22.2 Å². The summed E-state index contributed by atoms with van der Waals surface area (Å²) in [5.74, 6) is 2.75. The van der Waals surface area contributed by atoms with Crippen molar-refractivity contribution in [3.8, 4) is 18.1 Å². The summed E-state index contributed by atoms with van der Waals surface area (Å²) in [5, 5.41) is -0.278. The van der Waals surface area contributed by atoms with Crippen molar-refractivity contribution in [2.24, 2.45) is 0 Å². The van der Waals surface area contributed by atoms with Gasteiger partial charge in [0.15, 0.2) is 0 Å². The molecule has 2 amide bonds. The van der Waals surface area contributed by atoms with E-state index >= 15 is 0 Å². The third-order valence-corrected chi connectivity index (χ3v) is 3.59. The van der Waals surface area contributed by atoms with Crippen LogP contribution in [0.5, 0.6) is 5.75 Å². The monoisotopic (exact) mass is 299 g/mol. The smallest absolute Gasteiger partial charge is 0.293 e. The topological polar surface area (TPSA) is 46.6 Å². The molecule has 0 atom stereocenters. The Hall–Kier alpha value is -2.45. The van der Waals surface area contributed by atoms with Crippen molar-refractivity contribution in [2.75, 3.05) is 13.2 Å². The van der Waals surface area contributed by atoms with Crippen LogP contribution >= 0.6 is 11.8 Å². The van der Waals surface area contributed by atoms with Crippen LogP contribution in [0.15, 0.2) is 41.8 Å². The molecule has 1 saturated heterocycles. The van der Waals surface area contributed by atoms with Crippen molar-refractivity contribution >= 4 is 29.0 Å². The molecule has 1 heterocycles. The van der Waals surface area contributed by atoms with E-state index in [1.807, 2.05) is 0 Å². The highest BCUT2D eigenvalue weighted by Crippen LogP contribution is 2.32. The first kappa shape index (κ1) is 14.9. The summed E-state index contributed by atoms with van der Waals surface area (Å²) in [6, 6.07) is 7.12. The number of imide groups is 1. The fourth-order valence-electron chi connectivity index (χ4n) is 1.72. The van der Waals surface area contributed by atoms with Crippen LogP contribution < -0.4 is 4.74 Å². The van der Waals surface area contributed by atoms with E-state index in [1.165, 1.54) is 6.08 Å². The molecule has 0 radical (unpaired) electrons. The molecule has 0 spiro atoms. The Balaban J connectivity index is 2.13. The van der Waals surface area contributed by atoms with Crippen LogP contribution in [0.25, 0.3) is 6.08 Å². The second-order valence-corrected chi connectivity index (χ2v) is 5.14. The average Bonchev–Trinajstić information content (AvgIpc) is 2.75. The summed E-state index contributed by atoms with van der Waals surface area (Å²) in [6.45, 7) is 3.96. The fourth-order valence-corrected chi connectivity index (χ4v) is 2.57. The number of carbonyl (C=O) groups is 2. The normalized spacial score (nSPS) is 16.1. The molecule has 1 aromatic carbocycles. The van der Waals surface area contributed by atoms with Gasteiger partial charge in [-0.2, -0.15) is 0 Å². The van der Waals surface area contributed by atoms with Crippen molar-refractivity contribution in [1.29, 1.82) is 0 Å². The van der Waals surface area contributed by atoms with Crippen LogP contribution in [-0.2, 0) is 4.79 Å². The molecule has 5 heteroatoms. The number of amides is 2. The Morgan fingerprint density at radius 3 is 2.67 bits per heavy atom. The summed E-state index contributed by atoms with van der Waals surface area (Å²) < 4.78 is 5.26. The standard InChI is InChI=1S/C16H13NO3S/c1-3-9-17-15(18)14(21-16(17)19)11-12-5-7-13(8-6-12)20-10-4-2/h2-3,5-8,11H,1,9-10H2. The Kier molecular flexibility index (Phi) is 4.85. The number of benzene rings is 1. The first-order chi connectivity index (χ1) is 10.2. The SMILES string of the molecule is C#CCOc1ccc(C=C2SC(=O)N(CC=C)C2=O)cc1. The van der Waals surface area contributed by atoms with E-state index in [4.69, 9.17) is 11.2 Å². The molecule has 1 aromatic rings. The maximum Gasteiger partial charge on any atom is 0.293 e. The molecule has 0 N–H and O–H groups in total. The lowest BCUT2D eigenvalue weighted by Gasteiger charge is -2.07. The zero-order valence-corrected chi connectivity index (χ0v) is 12.1. The molecule has 4 nitrogen and oxygen atoms in total. The van der Waals surface area contributed by atoms with Gasteiger partial charge in [0.2, 0.25) is 0 Å². The van der Waals surface area contributed by atoms with Crippen molar-refractivity contribution < 1.29 is 14.3 Å². The Morgan fingerprint density at radius 1 is 1.33 bits per heavy atom. The molecule has 1 fully saturated rings. The van der Waals surface area contributed by atoms with Gasteiger partial charge in [-0.15, -0.1) is 13.0 Å². The van der Waals surface area contributed by atoms with E-state index in [0.29, 0.717) is 10.7 Å². The van der Waals surface area contributed by atoms with Crippen LogP contribution in [-0.4, -0.2) is 29.2 Å². The molecule has 1 aliphatic rings. The van der Waals surface area contributed by atoms with Crippen molar-refractivity contribution in [2.45, 2.75) is 0 Å². The summed E-state index contributed by atoms with van der Waals surface area (Å²) in [7, 11) is 0. The zero-order valence-electron chi connectivity index (χ0n) is 11.2. The largest absolute Gasteiger partial charge is 0.481 e. The minimum atomic E-state index is -0.294. The number of rotatable bonds is 5. The van der Waals surface area contributed by atoms with Crippen molar-refractivity contribution in [1.82, 2.24) is 4.90 Å². The summed E-state index contributed by atoms with van der Waals surface area (Å²) in [5.41, 5.74) is 0.812. The van der Waals surface area contributed by atoms with E-state index in [9.17, 15) is 9.59 Å². The predicted molar refractivity (Wildman–Crippen MR) is 83.6 cm³/mol. The Morgan fingerprint density at radius 2 is 2.05 bits per heavy atom. The first-order valence-corrected chi connectivity index (χ1v) is 7.00. The molecule has 0 aliphatic carbocycles. The molecule has 0 aromatic heterocycles. The van der Waals surface area contributed by atoms with E-state index < -0.39 is 0 Å². The lowest BCUT2D eigenvalue weighted by atomic mass is 10.2. The number of thioether (sulfide) groups is 1. The number of ether oxygens (including phenoxy) is 1. The predicted octanol–water partition coefficient (Wildman–Crippen LogP) is 2.92. The van der Waals surface area contributed by atoms with Crippen molar-refractivity contribution in [3.05, 3.63) is 47.4 Å². The molecular formula is C16H13NO3S. The average molecular weight is 299 g/mol. The molecule has 0 bridgehead atoms. The minimum Gasteiger partial charge on any atom is -0.481 e. The third-order valence-electron chi connectivity index (χ3n) is 2.69. The van der Waals surface area contributed by atoms with Gasteiger partial charge in [0.25, 0.3) is 11.1 Å². The molecule has 21 heavy (non-hydrogen) atoms. The minimum absolute atomic E-state index is 0.208. The Bertz CT molecular complexity index is 640. The van der Waals surface area contributed by atoms with Gasteiger partial charge in [-0.05, 0) is 35.5 Å². The van der Waals surface area contributed by atoms with Crippen LogP contribution in [0.2, 0.25) is 0 Å². The highest BCUT2D eigenvalue weighted by atomic mass is 32.2. The van der Waals surface area contributed by atoms with E-state index in [2.05, 4.69) is 12.5 Å². The van der Waals surface area contributed by atoms with Crippen LogP contribution in [0.3, 0.4) is 0 Å². The summed E-state index contributed by atoms with van der Waals surface area (Å²) >= 11 is 0.928. The first-order valence-electron chi connectivity index (χ1n) is 6.18. The van der Waals surface area contributed by atoms with Gasteiger partial charge in [0.05, 0.1) is 4.91 Å². The van der Waals surface area contributed by atoms with Gasteiger partial charge >= 0.3 is 0 Å². The van der Waals surface area contributed by atoms with Gasteiger partial charge in [0.1, 0.15) is 12.4 Å². The van der Waals surface area contributed by atoms with Gasteiger partial charge in [-0.25, -0.2) is 0 Å². The van der Waals surface area contributed by atoms with Gasteiger partial charge in [0, 0.05) is 6.54 Å². The van der Waals surface area contributed by atoms with Gasteiger partial charge in [-0.1, -0.05) is 24.1 Å². The Labute approximate surface area is 127 Å². The van der Waals surface area contributed by atoms with E-state index in [-0.39, 0.29) is 24.3 Å². The van der Waals surface area contributed by atoms with E-state index in [1.54, 1.807) is 30.3 Å². The van der Waals surface area contributed by atoms with Crippen molar-refractivity contribution in [3.63, 3.8) is 0 Å². The zero-order chi connectivity index (χ0) is 15.2. The number of carbonyl (C=O) groups excluding carboxylic acids is 2. The maximum atomic E-state index is 12.0.